The average molecular weight is 440 g/mol. The van der Waals surface area contributed by atoms with E-state index < -0.39 is 0 Å². The van der Waals surface area contributed by atoms with E-state index in [4.69, 9.17) is 14.4 Å². The molecule has 1 N–H and O–H groups in total. The van der Waals surface area contributed by atoms with Crippen LogP contribution in [0.5, 0.6) is 0 Å². The van der Waals surface area contributed by atoms with Gasteiger partial charge in [-0.15, -0.1) is 0 Å². The standard InChI is InChI=1S/C23H27N3O3.CH2O2/c1-15-10-19(24-29-15)23(28)25-13-17-12-18(14-25)21(11-16-6-3-2-4-7-16)26-20(17)8-5-9-22(26)27;2-1-3/h2-4,6-7,10,17-18,20-21H,5,8-9,11-14H2,1H3;1H,(H,2,3)/t17-,18+,20+,21+;/m1./s1. The molecule has 170 valence electrons. The number of likely N-dealkylation sites (tertiary alicyclic amines) is 1. The van der Waals surface area contributed by atoms with Gasteiger partial charge >= 0.3 is 0 Å². The van der Waals surface area contributed by atoms with Gasteiger partial charge in [-0.05, 0) is 50.0 Å². The molecule has 3 fully saturated rings. The molecule has 2 bridgehead atoms. The van der Waals surface area contributed by atoms with E-state index in [0.717, 1.165) is 25.7 Å². The molecule has 1 aromatic carbocycles. The molecule has 0 unspecified atom stereocenters. The lowest BCUT2D eigenvalue weighted by molar-refractivity contribution is -0.151. The van der Waals surface area contributed by atoms with Gasteiger partial charge in [0, 0.05) is 37.7 Å². The highest BCUT2D eigenvalue weighted by Gasteiger charge is 2.50. The molecule has 4 heterocycles. The maximum atomic E-state index is 13.1. The van der Waals surface area contributed by atoms with Crippen molar-refractivity contribution in [1.82, 2.24) is 15.0 Å². The van der Waals surface area contributed by atoms with Crippen LogP contribution in [0.1, 0.15) is 47.5 Å². The van der Waals surface area contributed by atoms with Gasteiger partial charge in [-0.2, -0.15) is 0 Å². The van der Waals surface area contributed by atoms with E-state index in [9.17, 15) is 9.59 Å². The van der Waals surface area contributed by atoms with E-state index in [0.29, 0.717) is 48.7 Å². The van der Waals surface area contributed by atoms with Crippen LogP contribution in [0, 0.1) is 18.8 Å². The Bertz CT molecular complexity index is 960. The monoisotopic (exact) mass is 439 g/mol. The summed E-state index contributed by atoms with van der Waals surface area (Å²) in [5.41, 5.74) is 1.64. The summed E-state index contributed by atoms with van der Waals surface area (Å²) >= 11 is 0. The number of piperidine rings is 3. The van der Waals surface area contributed by atoms with Crippen LogP contribution in [0.2, 0.25) is 0 Å². The molecule has 3 aliphatic rings. The van der Waals surface area contributed by atoms with Crippen molar-refractivity contribution in [2.24, 2.45) is 11.8 Å². The van der Waals surface area contributed by atoms with Gasteiger partial charge in [-0.3, -0.25) is 14.4 Å². The number of carbonyl (C=O) groups is 3. The number of hydrogen-bond acceptors (Lipinski definition) is 5. The zero-order valence-corrected chi connectivity index (χ0v) is 18.2. The van der Waals surface area contributed by atoms with Crippen LogP contribution in [-0.4, -0.2) is 63.5 Å². The molecular formula is C24H29N3O5. The van der Waals surface area contributed by atoms with E-state index in [-0.39, 0.29) is 24.5 Å². The van der Waals surface area contributed by atoms with E-state index >= 15 is 0 Å². The Morgan fingerprint density at radius 3 is 2.66 bits per heavy atom. The van der Waals surface area contributed by atoms with Gasteiger partial charge < -0.3 is 19.4 Å². The summed E-state index contributed by atoms with van der Waals surface area (Å²) in [5.74, 6) is 1.54. The molecule has 8 heteroatoms. The Morgan fingerprint density at radius 1 is 1.25 bits per heavy atom. The van der Waals surface area contributed by atoms with E-state index in [2.05, 4.69) is 34.3 Å². The van der Waals surface area contributed by atoms with Gasteiger partial charge in [-0.25, -0.2) is 0 Å². The maximum Gasteiger partial charge on any atom is 0.290 e. The first-order chi connectivity index (χ1) is 15.5. The van der Waals surface area contributed by atoms with Crippen molar-refractivity contribution in [2.45, 2.75) is 51.1 Å². The van der Waals surface area contributed by atoms with Gasteiger partial charge in [0.15, 0.2) is 5.69 Å². The fourth-order valence-corrected chi connectivity index (χ4v) is 5.69. The van der Waals surface area contributed by atoms with E-state index in [1.165, 1.54) is 5.56 Å². The second-order valence-electron chi connectivity index (χ2n) is 8.91. The number of benzene rings is 1. The van der Waals surface area contributed by atoms with Crippen molar-refractivity contribution in [2.75, 3.05) is 13.1 Å². The van der Waals surface area contributed by atoms with Gasteiger partial charge in [-0.1, -0.05) is 35.5 Å². The minimum atomic E-state index is -0.250. The number of rotatable bonds is 3. The van der Waals surface area contributed by atoms with Crippen molar-refractivity contribution in [1.29, 1.82) is 0 Å². The lowest BCUT2D eigenvalue weighted by atomic mass is 9.70. The van der Waals surface area contributed by atoms with Crippen molar-refractivity contribution >= 4 is 18.3 Å². The summed E-state index contributed by atoms with van der Waals surface area (Å²) < 4.78 is 5.12. The lowest BCUT2D eigenvalue weighted by Crippen LogP contribution is -2.66. The summed E-state index contributed by atoms with van der Waals surface area (Å²) in [4.78, 5) is 38.5. The molecule has 32 heavy (non-hydrogen) atoms. The zero-order chi connectivity index (χ0) is 22.7. The molecular weight excluding hydrogens is 410 g/mol. The fraction of sp³-hybridized carbons (Fsp3) is 0.500. The van der Waals surface area contributed by atoms with Crippen molar-refractivity contribution in [3.8, 4) is 0 Å². The van der Waals surface area contributed by atoms with E-state index in [1.54, 1.807) is 13.0 Å². The first-order valence-corrected chi connectivity index (χ1v) is 11.2. The number of aryl methyl sites for hydroxylation is 1. The minimum absolute atomic E-state index is 0.0504. The lowest BCUT2D eigenvalue weighted by Gasteiger charge is -2.56. The quantitative estimate of drug-likeness (QED) is 0.738. The molecule has 5 rings (SSSR count). The van der Waals surface area contributed by atoms with Gasteiger partial charge in [0.05, 0.1) is 0 Å². The highest BCUT2D eigenvalue weighted by atomic mass is 16.5. The first kappa shape index (κ1) is 22.0. The Labute approximate surface area is 187 Å². The topological polar surface area (TPSA) is 104 Å². The number of aromatic nitrogens is 1. The number of carbonyl (C=O) groups excluding carboxylic acids is 2. The van der Waals surface area contributed by atoms with E-state index in [1.807, 2.05) is 11.0 Å². The Morgan fingerprint density at radius 2 is 1.97 bits per heavy atom. The molecule has 8 nitrogen and oxygen atoms in total. The van der Waals surface area contributed by atoms with Crippen LogP contribution in [0.15, 0.2) is 40.9 Å². The molecule has 2 aromatic rings. The molecule has 3 saturated heterocycles. The third kappa shape index (κ3) is 4.40. The summed E-state index contributed by atoms with van der Waals surface area (Å²) in [6.45, 7) is 2.93. The third-order valence-electron chi connectivity index (χ3n) is 6.92. The second kappa shape index (κ2) is 9.54. The van der Waals surface area contributed by atoms with Gasteiger partial charge in [0.25, 0.3) is 12.4 Å². The predicted octanol–water partition coefficient (Wildman–Crippen LogP) is 2.77. The third-order valence-corrected chi connectivity index (χ3v) is 6.92. The molecule has 2 amide bonds. The van der Waals surface area contributed by atoms with Crippen LogP contribution in [-0.2, 0) is 16.0 Å². The van der Waals surface area contributed by atoms with Crippen LogP contribution in [0.3, 0.4) is 0 Å². The molecule has 1 aromatic heterocycles. The van der Waals surface area contributed by atoms with Crippen molar-refractivity contribution in [3.05, 3.63) is 53.4 Å². The maximum absolute atomic E-state index is 13.1. The van der Waals surface area contributed by atoms with Crippen LogP contribution in [0.25, 0.3) is 0 Å². The number of nitrogens with zero attached hydrogens (tertiary/aromatic N) is 3. The predicted molar refractivity (Wildman–Crippen MR) is 116 cm³/mol. The van der Waals surface area contributed by atoms with Crippen molar-refractivity contribution in [3.63, 3.8) is 0 Å². The SMILES string of the molecule is Cc1cc(C(=O)N2C[C@H]3C[C@@H](C2)[C@H](Cc2ccccc2)N2C(=O)CCC[C@@H]32)no1.O=CO. The summed E-state index contributed by atoms with van der Waals surface area (Å²) in [6.07, 6.45) is 4.59. The number of fused-ring (bicyclic) bond motifs is 4. The Kier molecular flexibility index (Phi) is 6.58. The van der Waals surface area contributed by atoms with Crippen LogP contribution < -0.4 is 0 Å². The van der Waals surface area contributed by atoms with Gasteiger partial charge in [0.2, 0.25) is 5.91 Å². The molecule has 3 aliphatic heterocycles. The summed E-state index contributed by atoms with van der Waals surface area (Å²) in [6, 6.07) is 12.5. The normalized spacial score (nSPS) is 26.6. The van der Waals surface area contributed by atoms with Gasteiger partial charge in [0.1, 0.15) is 5.76 Å². The smallest absolute Gasteiger partial charge is 0.290 e. The highest BCUT2D eigenvalue weighted by Crippen LogP contribution is 2.42. The Balaban J connectivity index is 0.000000775. The summed E-state index contributed by atoms with van der Waals surface area (Å²) in [5, 5.41) is 10.8. The largest absolute Gasteiger partial charge is 0.483 e. The Hall–Kier alpha value is -3.16. The van der Waals surface area contributed by atoms with Crippen molar-refractivity contribution < 1.29 is 24.0 Å². The molecule has 0 saturated carbocycles. The molecule has 4 atom stereocenters. The molecule has 0 aliphatic carbocycles. The van der Waals surface area contributed by atoms with Crippen LogP contribution in [0.4, 0.5) is 0 Å². The summed E-state index contributed by atoms with van der Waals surface area (Å²) in [7, 11) is 0. The number of carboxylic acid groups (broad SMARTS) is 1. The fourth-order valence-electron chi connectivity index (χ4n) is 5.69. The highest BCUT2D eigenvalue weighted by molar-refractivity contribution is 5.92. The zero-order valence-electron chi connectivity index (χ0n) is 18.2. The molecule has 0 radical (unpaired) electrons. The second-order valence-corrected chi connectivity index (χ2v) is 8.91. The number of hydrogen-bond donors (Lipinski definition) is 1. The number of amides is 2. The minimum Gasteiger partial charge on any atom is -0.483 e. The first-order valence-electron chi connectivity index (χ1n) is 11.2. The average Bonchev–Trinajstić information content (AvgIpc) is 3.23. The van der Waals surface area contributed by atoms with Crippen LogP contribution >= 0.6 is 0 Å². The molecule has 0 spiro atoms.